The van der Waals surface area contributed by atoms with Gasteiger partial charge in [-0.25, -0.2) is 0 Å². The molecule has 1 aliphatic heterocycles. The number of alkyl halides is 1. The molecule has 3 rings (SSSR count). The zero-order valence-corrected chi connectivity index (χ0v) is 14.4. The summed E-state index contributed by atoms with van der Waals surface area (Å²) in [6, 6.07) is 11.5. The number of phenolic OH excluding ortho intramolecular Hbond substituents is 1. The molecule has 0 radical (unpaired) electrons. The summed E-state index contributed by atoms with van der Waals surface area (Å²) < 4.78 is 5.17. The van der Waals surface area contributed by atoms with Gasteiger partial charge in [-0.05, 0) is 47.4 Å². The fourth-order valence-electron chi connectivity index (χ4n) is 2.94. The van der Waals surface area contributed by atoms with E-state index in [2.05, 4.69) is 4.90 Å². The molecule has 0 aromatic heterocycles. The minimum absolute atomic E-state index is 0.0893. The van der Waals surface area contributed by atoms with Crippen molar-refractivity contribution in [1.29, 1.82) is 0 Å². The SMILES string of the molecule is COc1cc2c(cc1O)CN(C(Cl)Cc1ccc(Cl)cc1)CC2. The molecule has 0 saturated heterocycles. The van der Waals surface area contributed by atoms with E-state index in [1.807, 2.05) is 30.3 Å². The fourth-order valence-corrected chi connectivity index (χ4v) is 3.41. The Labute approximate surface area is 146 Å². The van der Waals surface area contributed by atoms with Gasteiger partial charge in [-0.3, -0.25) is 4.90 Å². The second kappa shape index (κ2) is 7.00. The van der Waals surface area contributed by atoms with Gasteiger partial charge in [0.15, 0.2) is 11.5 Å². The van der Waals surface area contributed by atoms with Crippen LogP contribution in [0.15, 0.2) is 36.4 Å². The highest BCUT2D eigenvalue weighted by molar-refractivity contribution is 6.30. The van der Waals surface area contributed by atoms with Crippen LogP contribution in [0.4, 0.5) is 0 Å². The molecule has 122 valence electrons. The number of methoxy groups -OCH3 is 1. The fraction of sp³-hybridized carbons (Fsp3) is 0.333. The molecule has 1 atom stereocenters. The molecule has 0 saturated carbocycles. The largest absolute Gasteiger partial charge is 0.504 e. The Balaban J connectivity index is 1.71. The number of aromatic hydroxyl groups is 1. The number of ether oxygens (including phenoxy) is 1. The Kier molecular flexibility index (Phi) is 5.00. The number of phenols is 1. The first-order chi connectivity index (χ1) is 11.1. The van der Waals surface area contributed by atoms with Crippen LogP contribution in [0.3, 0.4) is 0 Å². The molecule has 0 amide bonds. The summed E-state index contributed by atoms with van der Waals surface area (Å²) in [6.45, 7) is 1.62. The molecule has 3 nitrogen and oxygen atoms in total. The average Bonchev–Trinajstić information content (AvgIpc) is 2.55. The summed E-state index contributed by atoms with van der Waals surface area (Å²) in [5.74, 6) is 0.706. The predicted octanol–water partition coefficient (Wildman–Crippen LogP) is 4.22. The number of fused-ring (bicyclic) bond motifs is 1. The van der Waals surface area contributed by atoms with E-state index in [1.165, 1.54) is 5.56 Å². The molecule has 2 aromatic rings. The van der Waals surface area contributed by atoms with Crippen LogP contribution in [0, 0.1) is 0 Å². The lowest BCUT2D eigenvalue weighted by molar-refractivity contribution is 0.229. The van der Waals surface area contributed by atoms with Crippen molar-refractivity contribution in [3.8, 4) is 11.5 Å². The molecule has 1 heterocycles. The first kappa shape index (κ1) is 16.4. The van der Waals surface area contributed by atoms with Gasteiger partial charge in [0.05, 0.1) is 12.6 Å². The van der Waals surface area contributed by atoms with Crippen molar-refractivity contribution in [3.63, 3.8) is 0 Å². The maximum atomic E-state index is 9.96. The van der Waals surface area contributed by atoms with E-state index >= 15 is 0 Å². The second-order valence-electron chi connectivity index (χ2n) is 5.78. The zero-order chi connectivity index (χ0) is 16.4. The summed E-state index contributed by atoms with van der Waals surface area (Å²) >= 11 is 12.5. The van der Waals surface area contributed by atoms with Crippen LogP contribution >= 0.6 is 23.2 Å². The van der Waals surface area contributed by atoms with Gasteiger partial charge in [0, 0.05) is 24.5 Å². The predicted molar refractivity (Wildman–Crippen MR) is 93.6 cm³/mol. The van der Waals surface area contributed by atoms with Crippen molar-refractivity contribution in [2.75, 3.05) is 13.7 Å². The third-order valence-corrected chi connectivity index (χ3v) is 4.94. The van der Waals surface area contributed by atoms with Gasteiger partial charge < -0.3 is 9.84 Å². The van der Waals surface area contributed by atoms with Gasteiger partial charge in [-0.15, -0.1) is 11.6 Å². The first-order valence-corrected chi connectivity index (χ1v) is 8.39. The Morgan fingerprint density at radius 3 is 2.65 bits per heavy atom. The summed E-state index contributed by atoms with van der Waals surface area (Å²) in [4.78, 5) is 2.23. The van der Waals surface area contributed by atoms with E-state index in [9.17, 15) is 5.11 Å². The lowest BCUT2D eigenvalue weighted by atomic mass is 9.98. The van der Waals surface area contributed by atoms with Gasteiger partial charge in [-0.1, -0.05) is 23.7 Å². The number of nitrogens with zero attached hydrogens (tertiary/aromatic N) is 1. The number of hydrogen-bond acceptors (Lipinski definition) is 3. The molecule has 1 unspecified atom stereocenters. The number of hydrogen-bond donors (Lipinski definition) is 1. The molecule has 5 heteroatoms. The monoisotopic (exact) mass is 351 g/mol. The van der Waals surface area contributed by atoms with Crippen LogP contribution in [-0.4, -0.2) is 29.2 Å². The van der Waals surface area contributed by atoms with Crippen LogP contribution in [-0.2, 0) is 19.4 Å². The van der Waals surface area contributed by atoms with Crippen molar-refractivity contribution >= 4 is 23.2 Å². The average molecular weight is 352 g/mol. The highest BCUT2D eigenvalue weighted by atomic mass is 35.5. The highest BCUT2D eigenvalue weighted by Crippen LogP contribution is 2.33. The zero-order valence-electron chi connectivity index (χ0n) is 12.9. The van der Waals surface area contributed by atoms with Gasteiger partial charge in [0.25, 0.3) is 0 Å². The molecule has 0 aliphatic carbocycles. The Hall–Kier alpha value is -1.42. The minimum atomic E-state index is -0.0893. The molecular formula is C18H19Cl2NO2. The van der Waals surface area contributed by atoms with E-state index in [4.69, 9.17) is 27.9 Å². The van der Waals surface area contributed by atoms with E-state index < -0.39 is 0 Å². The van der Waals surface area contributed by atoms with E-state index in [0.29, 0.717) is 5.75 Å². The topological polar surface area (TPSA) is 32.7 Å². The lowest BCUT2D eigenvalue weighted by Crippen LogP contribution is -2.37. The molecule has 1 aliphatic rings. The van der Waals surface area contributed by atoms with Crippen LogP contribution in [0.5, 0.6) is 11.5 Å². The van der Waals surface area contributed by atoms with Gasteiger partial charge in [0.1, 0.15) is 0 Å². The Morgan fingerprint density at radius 1 is 1.22 bits per heavy atom. The van der Waals surface area contributed by atoms with E-state index in [-0.39, 0.29) is 11.3 Å². The van der Waals surface area contributed by atoms with Crippen LogP contribution in [0.1, 0.15) is 16.7 Å². The summed E-state index contributed by atoms with van der Waals surface area (Å²) in [6.07, 6.45) is 1.66. The quantitative estimate of drug-likeness (QED) is 0.661. The standard InChI is InChI=1S/C18H19Cl2NO2/c1-23-17-10-13-6-7-21(11-14(13)9-16(17)22)18(20)8-12-2-4-15(19)5-3-12/h2-5,9-10,18,22H,6-8,11H2,1H3. The molecule has 0 spiro atoms. The van der Waals surface area contributed by atoms with E-state index in [1.54, 1.807) is 13.2 Å². The second-order valence-corrected chi connectivity index (χ2v) is 6.72. The third-order valence-electron chi connectivity index (χ3n) is 4.26. The van der Waals surface area contributed by atoms with Crippen molar-refractivity contribution in [2.24, 2.45) is 0 Å². The normalized spacial score (nSPS) is 16.0. The number of benzene rings is 2. The maximum Gasteiger partial charge on any atom is 0.160 e. The molecule has 1 N–H and O–H groups in total. The molecule has 23 heavy (non-hydrogen) atoms. The van der Waals surface area contributed by atoms with Crippen molar-refractivity contribution in [3.05, 3.63) is 58.1 Å². The maximum absolute atomic E-state index is 9.96. The first-order valence-electron chi connectivity index (χ1n) is 7.58. The number of halogens is 2. The van der Waals surface area contributed by atoms with Crippen LogP contribution < -0.4 is 4.74 Å². The Bertz CT molecular complexity index is 688. The summed E-state index contributed by atoms with van der Waals surface area (Å²) in [5.41, 5.74) is 3.40. The minimum Gasteiger partial charge on any atom is -0.504 e. The summed E-state index contributed by atoms with van der Waals surface area (Å²) in [7, 11) is 1.57. The molecule has 0 fully saturated rings. The number of rotatable bonds is 4. The van der Waals surface area contributed by atoms with Crippen LogP contribution in [0.2, 0.25) is 5.02 Å². The Morgan fingerprint density at radius 2 is 1.96 bits per heavy atom. The molecule has 0 bridgehead atoms. The smallest absolute Gasteiger partial charge is 0.160 e. The third kappa shape index (κ3) is 3.74. The van der Waals surface area contributed by atoms with Gasteiger partial charge in [0.2, 0.25) is 0 Å². The van der Waals surface area contributed by atoms with Crippen molar-refractivity contribution in [2.45, 2.75) is 24.9 Å². The van der Waals surface area contributed by atoms with Crippen LogP contribution in [0.25, 0.3) is 0 Å². The summed E-state index contributed by atoms with van der Waals surface area (Å²) in [5, 5.41) is 10.7. The molecule has 2 aromatic carbocycles. The van der Waals surface area contributed by atoms with Crippen molar-refractivity contribution < 1.29 is 9.84 Å². The highest BCUT2D eigenvalue weighted by Gasteiger charge is 2.23. The van der Waals surface area contributed by atoms with E-state index in [0.717, 1.165) is 42.1 Å². The lowest BCUT2D eigenvalue weighted by Gasteiger charge is -2.32. The van der Waals surface area contributed by atoms with Gasteiger partial charge >= 0.3 is 0 Å². The van der Waals surface area contributed by atoms with Crippen molar-refractivity contribution in [1.82, 2.24) is 4.90 Å². The van der Waals surface area contributed by atoms with Gasteiger partial charge in [-0.2, -0.15) is 0 Å². The molecular weight excluding hydrogens is 333 g/mol.